The van der Waals surface area contributed by atoms with Crippen molar-refractivity contribution in [3.63, 3.8) is 0 Å². The Bertz CT molecular complexity index is 1020. The maximum atomic E-state index is 13.4. The second-order valence-electron chi connectivity index (χ2n) is 8.23. The van der Waals surface area contributed by atoms with E-state index in [0.717, 1.165) is 48.6 Å². The van der Waals surface area contributed by atoms with E-state index in [9.17, 15) is 22.8 Å². The molecule has 0 aliphatic carbocycles. The molecule has 33 heavy (non-hydrogen) atoms. The second-order valence-corrected chi connectivity index (χ2v) is 8.23. The molecule has 6 nitrogen and oxygen atoms in total. The van der Waals surface area contributed by atoms with Crippen LogP contribution in [0.4, 0.5) is 18.9 Å². The average Bonchev–Trinajstić information content (AvgIpc) is 3.10. The number of piperazine rings is 1. The highest BCUT2D eigenvalue weighted by molar-refractivity contribution is 6.06. The summed E-state index contributed by atoms with van der Waals surface area (Å²) in [5.74, 6) is -1.25. The average molecular weight is 461 g/mol. The molecule has 176 valence electrons. The predicted octanol–water partition coefficient (Wildman–Crippen LogP) is 3.38. The number of carbonyl (C=O) groups excluding carboxylic acids is 2. The van der Waals surface area contributed by atoms with Crippen LogP contribution in [-0.2, 0) is 15.8 Å². The van der Waals surface area contributed by atoms with Crippen LogP contribution in [0, 0.1) is 0 Å². The monoisotopic (exact) mass is 461 g/mol. The fraction of sp³-hybridized carbons (Fsp3) is 0.417. The fourth-order valence-corrected chi connectivity index (χ4v) is 4.56. The quantitative estimate of drug-likeness (QED) is 0.618. The van der Waals surface area contributed by atoms with Gasteiger partial charge in [0.1, 0.15) is 5.75 Å². The Balaban J connectivity index is 1.36. The van der Waals surface area contributed by atoms with E-state index >= 15 is 0 Å². The lowest BCUT2D eigenvalue weighted by atomic mass is 9.92. The molecule has 2 aromatic carbocycles. The number of hydrogen-bond acceptors (Lipinski definition) is 5. The van der Waals surface area contributed by atoms with E-state index in [1.54, 1.807) is 7.11 Å². The van der Waals surface area contributed by atoms with Gasteiger partial charge < -0.3 is 9.64 Å². The van der Waals surface area contributed by atoms with E-state index < -0.39 is 29.5 Å². The number of anilines is 1. The van der Waals surface area contributed by atoms with Gasteiger partial charge in [0.25, 0.3) is 0 Å². The number of methoxy groups -OCH3 is 1. The number of rotatable bonds is 6. The van der Waals surface area contributed by atoms with Gasteiger partial charge in [0.2, 0.25) is 11.8 Å². The molecule has 1 atom stereocenters. The summed E-state index contributed by atoms with van der Waals surface area (Å²) in [4.78, 5) is 30.9. The first-order chi connectivity index (χ1) is 15.8. The van der Waals surface area contributed by atoms with Gasteiger partial charge in [0.15, 0.2) is 0 Å². The lowest BCUT2D eigenvalue weighted by Crippen LogP contribution is -2.49. The molecule has 1 unspecified atom stereocenters. The van der Waals surface area contributed by atoms with Crippen molar-refractivity contribution in [3.8, 4) is 5.75 Å². The number of nitrogens with zero attached hydrogens (tertiary/aromatic N) is 3. The molecule has 0 radical (unpaired) electrons. The summed E-state index contributed by atoms with van der Waals surface area (Å²) in [6.45, 7) is 3.69. The van der Waals surface area contributed by atoms with Gasteiger partial charge in [-0.15, -0.1) is 0 Å². The molecule has 2 aliphatic rings. The van der Waals surface area contributed by atoms with E-state index in [4.69, 9.17) is 4.74 Å². The summed E-state index contributed by atoms with van der Waals surface area (Å²) in [5, 5.41) is 0. The van der Waals surface area contributed by atoms with Crippen molar-refractivity contribution in [2.24, 2.45) is 0 Å². The number of amides is 2. The molecule has 9 heteroatoms. The Morgan fingerprint density at radius 2 is 1.61 bits per heavy atom. The molecule has 2 heterocycles. The fourth-order valence-electron chi connectivity index (χ4n) is 4.56. The van der Waals surface area contributed by atoms with Crippen LogP contribution < -0.4 is 9.64 Å². The van der Waals surface area contributed by atoms with Gasteiger partial charge in [0, 0.05) is 45.7 Å². The largest absolute Gasteiger partial charge is 0.495 e. The minimum absolute atomic E-state index is 0.128. The Labute approximate surface area is 190 Å². The van der Waals surface area contributed by atoms with Crippen LogP contribution in [0.2, 0.25) is 0 Å². The Hall–Kier alpha value is -3.07. The van der Waals surface area contributed by atoms with E-state index in [1.165, 1.54) is 18.2 Å². The van der Waals surface area contributed by atoms with Crippen molar-refractivity contribution in [2.75, 3.05) is 51.3 Å². The zero-order valence-electron chi connectivity index (χ0n) is 18.3. The number of likely N-dealkylation sites (tertiary alicyclic amines) is 1. The van der Waals surface area contributed by atoms with Gasteiger partial charge >= 0.3 is 6.18 Å². The number of carbonyl (C=O) groups is 2. The molecule has 0 N–H and O–H groups in total. The lowest BCUT2D eigenvalue weighted by molar-refractivity contribution is -0.139. The molecule has 0 aromatic heterocycles. The maximum absolute atomic E-state index is 13.4. The van der Waals surface area contributed by atoms with Crippen LogP contribution in [0.1, 0.15) is 23.5 Å². The van der Waals surface area contributed by atoms with Gasteiger partial charge in [-0.1, -0.05) is 30.3 Å². The van der Waals surface area contributed by atoms with Crippen LogP contribution >= 0.6 is 0 Å². The summed E-state index contributed by atoms with van der Waals surface area (Å²) in [5.41, 5.74) is 0.0393. The molecule has 2 saturated heterocycles. The molecule has 0 saturated carbocycles. The molecule has 2 amide bonds. The van der Waals surface area contributed by atoms with E-state index in [2.05, 4.69) is 9.80 Å². The number of alkyl halides is 3. The summed E-state index contributed by atoms with van der Waals surface area (Å²) in [6.07, 6.45) is -4.80. The number of imide groups is 1. The highest BCUT2D eigenvalue weighted by atomic mass is 19.4. The van der Waals surface area contributed by atoms with Crippen molar-refractivity contribution in [1.82, 2.24) is 9.80 Å². The van der Waals surface area contributed by atoms with Crippen LogP contribution in [0.15, 0.2) is 48.5 Å². The van der Waals surface area contributed by atoms with Crippen molar-refractivity contribution < 1.29 is 27.5 Å². The zero-order valence-corrected chi connectivity index (χ0v) is 18.3. The summed E-state index contributed by atoms with van der Waals surface area (Å²) in [7, 11) is 1.64. The Morgan fingerprint density at radius 3 is 2.30 bits per heavy atom. The SMILES string of the molecule is COc1ccccc1N1CCN(CCN2C(=O)CC(c3ccccc3C(F)(F)F)C2=O)CC1. The first-order valence-corrected chi connectivity index (χ1v) is 10.9. The third-order valence-electron chi connectivity index (χ3n) is 6.32. The Kier molecular flexibility index (Phi) is 6.60. The minimum atomic E-state index is -4.57. The molecule has 0 spiro atoms. The number of ether oxygens (including phenoxy) is 1. The number of halogens is 3. The number of benzene rings is 2. The molecule has 0 bridgehead atoms. The first-order valence-electron chi connectivity index (χ1n) is 10.9. The molecule has 4 rings (SSSR count). The zero-order chi connectivity index (χ0) is 23.6. The summed E-state index contributed by atoms with van der Waals surface area (Å²) >= 11 is 0. The van der Waals surface area contributed by atoms with Crippen molar-refractivity contribution in [2.45, 2.75) is 18.5 Å². The van der Waals surface area contributed by atoms with Crippen molar-refractivity contribution in [1.29, 1.82) is 0 Å². The topological polar surface area (TPSA) is 53.1 Å². The van der Waals surface area contributed by atoms with Gasteiger partial charge in [0.05, 0.1) is 24.3 Å². The van der Waals surface area contributed by atoms with E-state index in [0.29, 0.717) is 6.54 Å². The van der Waals surface area contributed by atoms with E-state index in [1.807, 2.05) is 24.3 Å². The number of hydrogen-bond donors (Lipinski definition) is 0. The predicted molar refractivity (Wildman–Crippen MR) is 117 cm³/mol. The minimum Gasteiger partial charge on any atom is -0.495 e. The Morgan fingerprint density at radius 1 is 0.939 bits per heavy atom. The second kappa shape index (κ2) is 9.43. The highest BCUT2D eigenvalue weighted by Crippen LogP contribution is 2.39. The third-order valence-corrected chi connectivity index (χ3v) is 6.32. The molecule has 2 aromatic rings. The van der Waals surface area contributed by atoms with Gasteiger partial charge in [-0.25, -0.2) is 0 Å². The smallest absolute Gasteiger partial charge is 0.416 e. The lowest BCUT2D eigenvalue weighted by Gasteiger charge is -2.37. The van der Waals surface area contributed by atoms with Gasteiger partial charge in [-0.2, -0.15) is 13.2 Å². The highest BCUT2D eigenvalue weighted by Gasteiger charge is 2.43. The first kappa shape index (κ1) is 23.1. The third kappa shape index (κ3) is 4.83. The summed E-state index contributed by atoms with van der Waals surface area (Å²) in [6, 6.07) is 12.8. The van der Waals surface area contributed by atoms with Crippen LogP contribution in [-0.4, -0.2) is 68.0 Å². The normalized spacial score (nSPS) is 19.9. The molecular weight excluding hydrogens is 435 g/mol. The van der Waals surface area contributed by atoms with E-state index in [-0.39, 0.29) is 18.5 Å². The van der Waals surface area contributed by atoms with Crippen molar-refractivity contribution >= 4 is 17.5 Å². The molecule has 2 aliphatic heterocycles. The van der Waals surface area contributed by atoms with Gasteiger partial charge in [-0.05, 0) is 23.8 Å². The maximum Gasteiger partial charge on any atom is 0.416 e. The summed E-state index contributed by atoms with van der Waals surface area (Å²) < 4.78 is 45.6. The molecular formula is C24H26F3N3O3. The van der Waals surface area contributed by atoms with Crippen LogP contribution in [0.5, 0.6) is 5.75 Å². The standard InChI is InChI=1S/C24H26F3N3O3/c1-33-21-9-5-4-8-20(21)29-13-10-28(11-14-29)12-15-30-22(31)16-18(23(30)32)17-6-2-3-7-19(17)24(25,26)27/h2-9,18H,10-16H2,1H3. The van der Waals surface area contributed by atoms with Crippen LogP contribution in [0.3, 0.4) is 0 Å². The van der Waals surface area contributed by atoms with Crippen molar-refractivity contribution in [3.05, 3.63) is 59.7 Å². The number of para-hydroxylation sites is 2. The van der Waals surface area contributed by atoms with Gasteiger partial charge in [-0.3, -0.25) is 19.4 Å². The van der Waals surface area contributed by atoms with Crippen LogP contribution in [0.25, 0.3) is 0 Å². The molecule has 2 fully saturated rings.